The van der Waals surface area contributed by atoms with Gasteiger partial charge in [-0.25, -0.2) is 9.29 Å². The predicted octanol–water partition coefficient (Wildman–Crippen LogP) is 0.468. The van der Waals surface area contributed by atoms with E-state index in [1.54, 1.807) is 6.33 Å². The zero-order valence-electron chi connectivity index (χ0n) is 17.0. The molecule has 0 radical (unpaired) electrons. The fourth-order valence-electron chi connectivity index (χ4n) is 4.03. The molecule has 4 unspecified atom stereocenters. The largest absolute Gasteiger partial charge is 0.760 e. The molecule has 0 amide bonds. The zero-order chi connectivity index (χ0) is 21.1. The van der Waals surface area contributed by atoms with Crippen molar-refractivity contribution < 1.29 is 18.6 Å². The first-order valence-corrected chi connectivity index (χ1v) is 11.4. The van der Waals surface area contributed by atoms with E-state index in [0.29, 0.717) is 49.0 Å². The Labute approximate surface area is 177 Å². The molecule has 0 spiro atoms. The molecule has 30 heavy (non-hydrogen) atoms. The Kier molecular flexibility index (Phi) is 6.78. The topological polar surface area (TPSA) is 140 Å². The Balaban J connectivity index is 1.61. The van der Waals surface area contributed by atoms with Gasteiger partial charge in [0.2, 0.25) is 5.95 Å². The highest BCUT2D eigenvalue weighted by Gasteiger charge is 2.28. The van der Waals surface area contributed by atoms with E-state index in [2.05, 4.69) is 32.5 Å². The van der Waals surface area contributed by atoms with Crippen molar-refractivity contribution in [1.29, 1.82) is 0 Å². The molecule has 0 saturated carbocycles. The summed E-state index contributed by atoms with van der Waals surface area (Å²) in [4.78, 5) is 13.8. The number of aliphatic hydroxyl groups excluding tert-OH is 1. The zero-order valence-corrected chi connectivity index (χ0v) is 17.8. The van der Waals surface area contributed by atoms with Gasteiger partial charge in [0.05, 0.1) is 25.1 Å². The lowest BCUT2D eigenvalue weighted by molar-refractivity contribution is 0.0755. The van der Waals surface area contributed by atoms with E-state index < -0.39 is 11.3 Å². The molecule has 3 N–H and O–H groups in total. The Bertz CT molecular complexity index is 889. The summed E-state index contributed by atoms with van der Waals surface area (Å²) in [5, 5.41) is 16.4. The number of anilines is 2. The molecule has 4 rings (SSSR count). The minimum absolute atomic E-state index is 0.0584. The third-order valence-corrected chi connectivity index (χ3v) is 6.31. The van der Waals surface area contributed by atoms with Crippen molar-refractivity contribution in [1.82, 2.24) is 23.8 Å². The normalized spacial score (nSPS) is 24.4. The summed E-state index contributed by atoms with van der Waals surface area (Å²) in [5.41, 5.74) is 1.34. The Morgan fingerprint density at radius 3 is 2.97 bits per heavy atom. The number of hydrogen-bond donors (Lipinski definition) is 3. The fraction of sp³-hybridized carbons (Fsp3) is 0.722. The van der Waals surface area contributed by atoms with Gasteiger partial charge in [0.15, 0.2) is 17.0 Å². The quantitative estimate of drug-likeness (QED) is 0.476. The molecular weight excluding hydrogens is 410 g/mol. The number of ether oxygens (including phenoxy) is 1. The van der Waals surface area contributed by atoms with Crippen LogP contribution in [0, 0.1) is 0 Å². The number of hydrogen-bond acceptors (Lipinski definition) is 9. The maximum Gasteiger partial charge on any atom is 0.227 e. The highest BCUT2D eigenvalue weighted by atomic mass is 32.2. The number of rotatable bonds is 9. The fourth-order valence-corrected chi connectivity index (χ4v) is 4.59. The summed E-state index contributed by atoms with van der Waals surface area (Å²) in [5.74, 6) is 0.949. The average molecular weight is 439 g/mol. The van der Waals surface area contributed by atoms with Gasteiger partial charge in [-0.3, -0.25) is 4.21 Å². The second kappa shape index (κ2) is 9.52. The van der Waals surface area contributed by atoms with Gasteiger partial charge in [0.1, 0.15) is 0 Å². The molecule has 4 atom stereocenters. The lowest BCUT2D eigenvalue weighted by Gasteiger charge is -2.23. The first-order valence-electron chi connectivity index (χ1n) is 10.4. The third kappa shape index (κ3) is 4.57. The molecule has 166 valence electrons. The number of aromatic nitrogens is 4. The molecule has 0 aromatic carbocycles. The summed E-state index contributed by atoms with van der Waals surface area (Å²) in [7, 11) is 0. The lowest BCUT2D eigenvalue weighted by atomic mass is 10.1. The second-order valence-electron chi connectivity index (χ2n) is 7.73. The Morgan fingerprint density at radius 2 is 2.30 bits per heavy atom. The van der Waals surface area contributed by atoms with Crippen molar-refractivity contribution >= 4 is 34.2 Å². The maximum absolute atomic E-state index is 11.2. The molecule has 0 aliphatic carbocycles. The van der Waals surface area contributed by atoms with E-state index in [1.807, 2.05) is 4.57 Å². The van der Waals surface area contributed by atoms with Gasteiger partial charge in [0.25, 0.3) is 0 Å². The van der Waals surface area contributed by atoms with Crippen molar-refractivity contribution in [3.05, 3.63) is 6.33 Å². The molecule has 2 aromatic rings. The van der Waals surface area contributed by atoms with Crippen molar-refractivity contribution in [2.45, 2.75) is 57.3 Å². The average Bonchev–Trinajstić information content (AvgIpc) is 3.48. The van der Waals surface area contributed by atoms with Crippen LogP contribution in [0.15, 0.2) is 6.33 Å². The van der Waals surface area contributed by atoms with Crippen molar-refractivity contribution in [3.8, 4) is 0 Å². The van der Waals surface area contributed by atoms with Crippen LogP contribution < -0.4 is 10.6 Å². The van der Waals surface area contributed by atoms with Crippen molar-refractivity contribution in [3.63, 3.8) is 0 Å². The molecule has 2 fully saturated rings. The van der Waals surface area contributed by atoms with E-state index in [9.17, 15) is 13.9 Å². The summed E-state index contributed by atoms with van der Waals surface area (Å²) >= 11 is -2.22. The smallest absolute Gasteiger partial charge is 0.227 e. The van der Waals surface area contributed by atoms with E-state index in [-0.39, 0.29) is 24.8 Å². The number of aryl methyl sites for hydroxylation is 1. The van der Waals surface area contributed by atoms with Gasteiger partial charge in [-0.15, -0.1) is 0 Å². The van der Waals surface area contributed by atoms with E-state index in [0.717, 1.165) is 25.8 Å². The minimum atomic E-state index is -2.22. The summed E-state index contributed by atoms with van der Waals surface area (Å²) in [6.45, 7) is 4.32. The molecule has 11 nitrogen and oxygen atoms in total. The van der Waals surface area contributed by atoms with Crippen LogP contribution in [0.2, 0.25) is 0 Å². The van der Waals surface area contributed by atoms with Crippen LogP contribution in [-0.4, -0.2) is 82.2 Å². The summed E-state index contributed by atoms with van der Waals surface area (Å²) < 4.78 is 31.5. The monoisotopic (exact) mass is 438 g/mol. The minimum Gasteiger partial charge on any atom is -0.760 e. The first-order chi connectivity index (χ1) is 14.6. The van der Waals surface area contributed by atoms with Gasteiger partial charge in [-0.2, -0.15) is 9.97 Å². The molecule has 2 aromatic heterocycles. The molecular formula is C18H28N7O4S-. The van der Waals surface area contributed by atoms with Crippen LogP contribution in [0.25, 0.3) is 11.2 Å². The molecule has 2 aliphatic rings. The molecule has 2 aliphatic heterocycles. The van der Waals surface area contributed by atoms with Crippen LogP contribution in [0.3, 0.4) is 0 Å². The maximum atomic E-state index is 11.2. The molecule has 2 saturated heterocycles. The number of fused-ring (bicyclic) bond motifs is 1. The number of aliphatic hydroxyl groups is 1. The highest BCUT2D eigenvalue weighted by Crippen LogP contribution is 2.25. The Hall–Kier alpha value is -1.86. The second-order valence-corrected chi connectivity index (χ2v) is 8.68. The van der Waals surface area contributed by atoms with Crippen LogP contribution in [0.4, 0.5) is 11.8 Å². The van der Waals surface area contributed by atoms with E-state index >= 15 is 0 Å². The number of nitrogens with zero attached hydrogens (tertiary/aromatic N) is 5. The highest BCUT2D eigenvalue weighted by molar-refractivity contribution is 7.76. The molecule has 0 bridgehead atoms. The number of nitrogens with one attached hydrogen (secondary N) is 2. The Morgan fingerprint density at radius 1 is 1.43 bits per heavy atom. The van der Waals surface area contributed by atoms with Gasteiger partial charge in [0, 0.05) is 43.5 Å². The lowest BCUT2D eigenvalue weighted by Crippen LogP contribution is -2.37. The predicted molar refractivity (Wildman–Crippen MR) is 112 cm³/mol. The van der Waals surface area contributed by atoms with Gasteiger partial charge in [-0.05, 0) is 25.7 Å². The number of imidazole rings is 1. The van der Waals surface area contributed by atoms with Gasteiger partial charge >= 0.3 is 0 Å². The van der Waals surface area contributed by atoms with Gasteiger partial charge < -0.3 is 29.6 Å². The van der Waals surface area contributed by atoms with Crippen molar-refractivity contribution in [2.24, 2.45) is 0 Å². The van der Waals surface area contributed by atoms with Crippen molar-refractivity contribution in [2.75, 3.05) is 36.9 Å². The first kappa shape index (κ1) is 21.4. The summed E-state index contributed by atoms with van der Waals surface area (Å²) in [6.07, 6.45) is 5.13. The van der Waals surface area contributed by atoms with Crippen LogP contribution in [-0.2, 0) is 22.5 Å². The van der Waals surface area contributed by atoms with E-state index in [1.165, 1.54) is 4.31 Å². The third-order valence-electron chi connectivity index (χ3n) is 5.56. The van der Waals surface area contributed by atoms with E-state index in [4.69, 9.17) is 4.74 Å². The SMILES string of the molecule is CCCn1cnc2c(NC3CCN(S(=O)[O-])C3)nc(NC(CO)C3CCCO3)nc21. The standard InChI is InChI=1S/C18H29N7O4S/c1-2-6-24-11-19-15-16(20-12-5-7-25(9-12)30(27)28)22-18(23-17(15)24)21-13(10-26)14-4-3-8-29-14/h11-14,26H,2-10H2,1H3,(H,27,28)(H2,20,21,22,23)/p-1. The van der Waals surface area contributed by atoms with Crippen LogP contribution in [0.1, 0.15) is 32.6 Å². The molecule has 4 heterocycles. The van der Waals surface area contributed by atoms with Crippen LogP contribution >= 0.6 is 0 Å². The van der Waals surface area contributed by atoms with Crippen LogP contribution in [0.5, 0.6) is 0 Å². The van der Waals surface area contributed by atoms with Gasteiger partial charge in [-0.1, -0.05) is 6.92 Å². The summed E-state index contributed by atoms with van der Waals surface area (Å²) in [6, 6.07) is -0.359. The molecule has 12 heteroatoms.